The van der Waals surface area contributed by atoms with Crippen LogP contribution in [0, 0.1) is 16.0 Å². The molecular weight excluding hydrogens is 406 g/mol. The third-order valence-corrected chi connectivity index (χ3v) is 4.88. The summed E-state index contributed by atoms with van der Waals surface area (Å²) in [5, 5.41) is 14.0. The molecule has 2 N–H and O–H groups in total. The molecule has 31 heavy (non-hydrogen) atoms. The summed E-state index contributed by atoms with van der Waals surface area (Å²) >= 11 is 0. The maximum atomic E-state index is 12.4. The molecule has 1 aromatic rings. The van der Waals surface area contributed by atoms with E-state index in [-0.39, 0.29) is 36.6 Å². The zero-order chi connectivity index (χ0) is 23.8. The monoisotopic (exact) mass is 441 g/mol. The first-order chi connectivity index (χ1) is 14.3. The van der Waals surface area contributed by atoms with E-state index in [2.05, 4.69) is 15.8 Å². The van der Waals surface area contributed by atoms with Gasteiger partial charge >= 0.3 is 5.95 Å². The van der Waals surface area contributed by atoms with E-state index in [1.807, 2.05) is 13.8 Å². The molecular formula is C20H35N5O6. The summed E-state index contributed by atoms with van der Waals surface area (Å²) in [6, 6.07) is 0. The smallest absolute Gasteiger partial charge is 0.390 e. The molecule has 0 aliphatic rings. The maximum Gasteiger partial charge on any atom is 0.434 e. The number of hydrogen-bond acceptors (Lipinski definition) is 9. The minimum absolute atomic E-state index is 0.0179. The summed E-state index contributed by atoms with van der Waals surface area (Å²) in [6.07, 6.45) is 2.58. The third-order valence-electron chi connectivity index (χ3n) is 4.88. The number of carbonyl (C=O) groups is 2. The number of nitro groups is 1. The van der Waals surface area contributed by atoms with Crippen LogP contribution in [0.4, 0.5) is 5.95 Å². The molecule has 1 aromatic heterocycles. The predicted molar refractivity (Wildman–Crippen MR) is 114 cm³/mol. The second-order valence-corrected chi connectivity index (χ2v) is 8.76. The normalized spacial score (nSPS) is 13.4. The van der Waals surface area contributed by atoms with Crippen LogP contribution in [0.2, 0.25) is 0 Å². The van der Waals surface area contributed by atoms with Gasteiger partial charge in [0, 0.05) is 18.9 Å². The topological polar surface area (TPSA) is 138 Å². The van der Waals surface area contributed by atoms with Crippen LogP contribution in [0.5, 0.6) is 0 Å². The van der Waals surface area contributed by atoms with Gasteiger partial charge in [-0.3, -0.25) is 14.4 Å². The van der Waals surface area contributed by atoms with Crippen molar-refractivity contribution in [2.24, 2.45) is 5.92 Å². The number of Topliss-reactive ketones (excluding diaryl/α,β-unsaturated/α-hetero) is 2. The summed E-state index contributed by atoms with van der Waals surface area (Å²) in [7, 11) is 0. The van der Waals surface area contributed by atoms with Crippen LogP contribution in [-0.4, -0.2) is 56.6 Å². The Morgan fingerprint density at radius 3 is 2.45 bits per heavy atom. The molecule has 0 aromatic carbocycles. The van der Waals surface area contributed by atoms with Crippen molar-refractivity contribution in [3.05, 3.63) is 22.5 Å². The van der Waals surface area contributed by atoms with Gasteiger partial charge in [0.15, 0.2) is 12.1 Å². The first-order valence-corrected chi connectivity index (χ1v) is 10.3. The van der Waals surface area contributed by atoms with Gasteiger partial charge in [-0.15, -0.1) is 0 Å². The number of ketones is 2. The third kappa shape index (κ3) is 8.44. The number of ether oxygens (including phenoxy) is 1. The Labute approximate surface area is 183 Å². The second-order valence-electron chi connectivity index (χ2n) is 8.76. The minimum Gasteiger partial charge on any atom is -0.390 e. The van der Waals surface area contributed by atoms with Gasteiger partial charge in [-0.1, -0.05) is 18.8 Å². The average Bonchev–Trinajstić information content (AvgIpc) is 3.14. The van der Waals surface area contributed by atoms with E-state index in [1.165, 1.54) is 23.9 Å². The van der Waals surface area contributed by atoms with Gasteiger partial charge < -0.3 is 20.2 Å². The fraction of sp³-hybridized carbons (Fsp3) is 0.750. The van der Waals surface area contributed by atoms with Crippen LogP contribution in [0.1, 0.15) is 54.9 Å². The molecule has 0 bridgehead atoms. The molecule has 1 unspecified atom stereocenters. The van der Waals surface area contributed by atoms with E-state index in [0.717, 1.165) is 0 Å². The van der Waals surface area contributed by atoms with Crippen LogP contribution in [-0.2, 0) is 25.7 Å². The number of rotatable bonds is 15. The second kappa shape index (κ2) is 11.4. The van der Waals surface area contributed by atoms with E-state index in [9.17, 15) is 19.7 Å². The van der Waals surface area contributed by atoms with Crippen LogP contribution >= 0.6 is 0 Å². The molecule has 0 radical (unpaired) electrons. The molecule has 0 spiro atoms. The summed E-state index contributed by atoms with van der Waals surface area (Å²) < 4.78 is 7.21. The lowest BCUT2D eigenvalue weighted by Gasteiger charge is -2.31. The number of hydroxylamine groups is 1. The van der Waals surface area contributed by atoms with Crippen LogP contribution in [0.3, 0.4) is 0 Å². The summed E-state index contributed by atoms with van der Waals surface area (Å²) in [4.78, 5) is 43.9. The number of carbonyl (C=O) groups excluding carboxylic acids is 2. The van der Waals surface area contributed by atoms with E-state index >= 15 is 0 Å². The summed E-state index contributed by atoms with van der Waals surface area (Å²) in [5.41, 5.74) is 1.08. The minimum atomic E-state index is -0.927. The van der Waals surface area contributed by atoms with E-state index in [4.69, 9.17) is 9.57 Å². The van der Waals surface area contributed by atoms with Gasteiger partial charge in [-0.05, 0) is 39.5 Å². The van der Waals surface area contributed by atoms with Gasteiger partial charge in [0.2, 0.25) is 0 Å². The molecule has 1 rings (SSSR count). The van der Waals surface area contributed by atoms with Crippen molar-refractivity contribution in [1.29, 1.82) is 0 Å². The molecule has 11 nitrogen and oxygen atoms in total. The van der Waals surface area contributed by atoms with Gasteiger partial charge in [-0.2, -0.15) is 5.48 Å². The maximum absolute atomic E-state index is 12.4. The standard InChI is InChI=1S/C20H35N5O6/c1-14(2)17(27)20(6,7)23-31-16(13-22-19(4,5)15(3)26)30-12-8-10-24-11-9-21-18(24)25(28)29/h9,11,14,16,22-23H,8,10,12-13H2,1-7H3. The Kier molecular flexibility index (Phi) is 9.88. The molecule has 0 aliphatic heterocycles. The molecule has 11 heteroatoms. The highest BCUT2D eigenvalue weighted by molar-refractivity contribution is 5.88. The Morgan fingerprint density at radius 1 is 1.26 bits per heavy atom. The quantitative estimate of drug-likeness (QED) is 0.181. The number of imidazole rings is 1. The Hall–Kier alpha value is -2.21. The fourth-order valence-corrected chi connectivity index (χ4v) is 2.68. The van der Waals surface area contributed by atoms with Crippen LogP contribution < -0.4 is 10.8 Å². The van der Waals surface area contributed by atoms with E-state index < -0.39 is 22.3 Å². The van der Waals surface area contributed by atoms with E-state index in [1.54, 1.807) is 27.7 Å². The molecule has 1 atom stereocenters. The Balaban J connectivity index is 2.69. The van der Waals surface area contributed by atoms with Crippen molar-refractivity contribution in [3.63, 3.8) is 0 Å². The molecule has 0 saturated carbocycles. The average molecular weight is 442 g/mol. The van der Waals surface area contributed by atoms with E-state index in [0.29, 0.717) is 13.0 Å². The Morgan fingerprint density at radius 2 is 1.90 bits per heavy atom. The Bertz CT molecular complexity index is 759. The highest BCUT2D eigenvalue weighted by Gasteiger charge is 2.31. The van der Waals surface area contributed by atoms with Gasteiger partial charge in [0.1, 0.15) is 18.2 Å². The zero-order valence-electron chi connectivity index (χ0n) is 19.4. The largest absolute Gasteiger partial charge is 0.434 e. The van der Waals surface area contributed by atoms with Gasteiger partial charge in [-0.25, -0.2) is 4.57 Å². The van der Waals surface area contributed by atoms with Gasteiger partial charge in [0.05, 0.1) is 24.2 Å². The summed E-state index contributed by atoms with van der Waals surface area (Å²) in [6.45, 7) is 12.8. The predicted octanol–water partition coefficient (Wildman–Crippen LogP) is 2.01. The number of aryl methyl sites for hydroxylation is 1. The van der Waals surface area contributed by atoms with Crippen molar-refractivity contribution in [3.8, 4) is 0 Å². The molecule has 0 aliphatic carbocycles. The molecule has 0 fully saturated rings. The first kappa shape index (κ1) is 26.8. The molecule has 0 amide bonds. The lowest BCUT2D eigenvalue weighted by atomic mass is 9.92. The molecule has 176 valence electrons. The number of nitrogens with one attached hydrogen (secondary N) is 2. The fourth-order valence-electron chi connectivity index (χ4n) is 2.68. The number of aromatic nitrogens is 2. The number of nitrogens with zero attached hydrogens (tertiary/aromatic N) is 3. The zero-order valence-corrected chi connectivity index (χ0v) is 19.4. The van der Waals surface area contributed by atoms with Crippen molar-refractivity contribution in [1.82, 2.24) is 20.3 Å². The summed E-state index contributed by atoms with van der Waals surface area (Å²) in [5.74, 6) is -0.461. The van der Waals surface area contributed by atoms with Crippen molar-refractivity contribution in [2.75, 3.05) is 13.2 Å². The highest BCUT2D eigenvalue weighted by atomic mass is 16.8. The molecule has 0 saturated heterocycles. The van der Waals surface area contributed by atoms with Crippen LogP contribution in [0.25, 0.3) is 0 Å². The lowest BCUT2D eigenvalue weighted by Crippen LogP contribution is -2.53. The first-order valence-electron chi connectivity index (χ1n) is 10.3. The van der Waals surface area contributed by atoms with Crippen LogP contribution in [0.15, 0.2) is 12.4 Å². The van der Waals surface area contributed by atoms with Crippen molar-refractivity contribution < 1.29 is 24.1 Å². The van der Waals surface area contributed by atoms with Crippen molar-refractivity contribution in [2.45, 2.75) is 78.8 Å². The molecule has 1 heterocycles. The SMILES string of the molecule is CC(=O)C(C)(C)NCC(OCCCn1ccnc1[N+](=O)[O-])ONC(C)(C)C(=O)C(C)C. The number of hydrogen-bond donors (Lipinski definition) is 2. The lowest BCUT2D eigenvalue weighted by molar-refractivity contribution is -0.396. The highest BCUT2D eigenvalue weighted by Crippen LogP contribution is 2.13. The van der Waals surface area contributed by atoms with Gasteiger partial charge in [0.25, 0.3) is 0 Å². The van der Waals surface area contributed by atoms with Crippen molar-refractivity contribution >= 4 is 17.5 Å².